The van der Waals surface area contributed by atoms with Gasteiger partial charge in [0.1, 0.15) is 11.6 Å². The molecule has 0 bridgehead atoms. The zero-order valence-corrected chi connectivity index (χ0v) is 42.3. The van der Waals surface area contributed by atoms with E-state index >= 15 is 8.78 Å². The summed E-state index contributed by atoms with van der Waals surface area (Å²) in [6.07, 6.45) is 0. The van der Waals surface area contributed by atoms with Crippen molar-refractivity contribution in [3.05, 3.63) is 263 Å². The average Bonchev–Trinajstić information content (AvgIpc) is 3.59. The molecule has 0 aliphatic heterocycles. The summed E-state index contributed by atoms with van der Waals surface area (Å²) in [6.45, 7) is 8.15. The Morgan fingerprint density at radius 2 is 0.684 bits per heavy atom. The number of hydrogen-bond donors (Lipinski definition) is 0. The number of benzene rings is 12. The molecule has 0 saturated carbocycles. The summed E-state index contributed by atoms with van der Waals surface area (Å²) >= 11 is 0. The predicted octanol–water partition coefficient (Wildman–Crippen LogP) is 19.4. The predicted molar refractivity (Wildman–Crippen MR) is 310 cm³/mol. The van der Waals surface area contributed by atoms with Crippen LogP contribution in [0.4, 0.5) is 42.9 Å². The zero-order valence-electron chi connectivity index (χ0n) is 42.3. The highest BCUT2D eigenvalue weighted by Crippen LogP contribution is 2.52. The second-order valence-electron chi connectivity index (χ2n) is 19.8. The molecular formula is C70H48F2N4. The molecule has 12 aromatic carbocycles. The molecule has 0 fully saturated rings. The van der Waals surface area contributed by atoms with Crippen LogP contribution in [0.15, 0.2) is 218 Å². The molecule has 0 heterocycles. The number of rotatable bonds is 10. The van der Waals surface area contributed by atoms with Crippen LogP contribution in [0.25, 0.3) is 76.8 Å². The standard InChI is InChI=1S/C70H48F2N4/c1-43-9-5-13-51(33-43)55-37-61(53-15-7-11-45(3)35-53)69(63(71)39-55)75(57-25-17-47(41-73)18-26-57)65-31-23-49-22-30-60-66(32-24-50-21-29-59(65)67(49)68(50)60)76(58-27-19-48(42-74)20-28-58)70-62(54-16-8-12-46(4)36-54)38-56(40-64(70)72)52-14-6-10-44(2)34-52/h5-40H,1-4H3. The van der Waals surface area contributed by atoms with Gasteiger partial charge in [-0.1, -0.05) is 156 Å². The van der Waals surface area contributed by atoms with Gasteiger partial charge in [-0.25, -0.2) is 8.78 Å². The van der Waals surface area contributed by atoms with Gasteiger partial charge in [0, 0.05) is 33.3 Å². The minimum atomic E-state index is -0.411. The minimum Gasteiger partial charge on any atom is -0.307 e. The van der Waals surface area contributed by atoms with Gasteiger partial charge in [-0.05, 0) is 168 Å². The van der Waals surface area contributed by atoms with Gasteiger partial charge in [0.15, 0.2) is 0 Å². The van der Waals surface area contributed by atoms with Crippen LogP contribution in [0.2, 0.25) is 0 Å². The van der Waals surface area contributed by atoms with E-state index in [1.807, 2.05) is 135 Å². The summed E-state index contributed by atoms with van der Waals surface area (Å²) in [5.41, 5.74) is 15.2. The van der Waals surface area contributed by atoms with Crippen LogP contribution in [-0.2, 0) is 0 Å². The van der Waals surface area contributed by atoms with E-state index in [1.165, 1.54) is 0 Å². The Balaban J connectivity index is 1.13. The fourth-order valence-electron chi connectivity index (χ4n) is 11.0. The second kappa shape index (κ2) is 19.2. The highest BCUT2D eigenvalue weighted by Gasteiger charge is 2.28. The average molecular weight is 983 g/mol. The van der Waals surface area contributed by atoms with E-state index < -0.39 is 11.6 Å². The molecule has 362 valence electrons. The Kier molecular flexibility index (Phi) is 11.9. The summed E-state index contributed by atoms with van der Waals surface area (Å²) in [5.74, 6) is -0.823. The lowest BCUT2D eigenvalue weighted by Gasteiger charge is -2.31. The molecule has 0 spiro atoms. The van der Waals surface area contributed by atoms with Gasteiger partial charge in [-0.3, -0.25) is 0 Å². The van der Waals surface area contributed by atoms with Gasteiger partial charge in [0.25, 0.3) is 0 Å². The largest absolute Gasteiger partial charge is 0.307 e. The Morgan fingerprint density at radius 1 is 0.342 bits per heavy atom. The first-order chi connectivity index (χ1) is 37.0. The van der Waals surface area contributed by atoms with Crippen molar-refractivity contribution in [3.8, 4) is 56.6 Å². The lowest BCUT2D eigenvalue weighted by atomic mass is 9.90. The summed E-state index contributed by atoms with van der Waals surface area (Å²) in [4.78, 5) is 3.98. The second-order valence-corrected chi connectivity index (χ2v) is 19.8. The Hall–Kier alpha value is -9.88. The van der Waals surface area contributed by atoms with Crippen molar-refractivity contribution in [3.63, 3.8) is 0 Å². The normalized spacial score (nSPS) is 11.3. The van der Waals surface area contributed by atoms with Crippen molar-refractivity contribution in [2.75, 3.05) is 9.80 Å². The lowest BCUT2D eigenvalue weighted by Crippen LogP contribution is -2.15. The molecule has 0 radical (unpaired) electrons. The Labute approximate surface area is 441 Å². The van der Waals surface area contributed by atoms with Crippen molar-refractivity contribution in [1.29, 1.82) is 10.5 Å². The fourth-order valence-corrected chi connectivity index (χ4v) is 11.0. The molecule has 4 nitrogen and oxygen atoms in total. The number of nitrogens with zero attached hydrogens (tertiary/aromatic N) is 4. The lowest BCUT2D eigenvalue weighted by molar-refractivity contribution is 0.629. The third-order valence-electron chi connectivity index (χ3n) is 14.5. The van der Waals surface area contributed by atoms with Crippen LogP contribution in [0.5, 0.6) is 0 Å². The van der Waals surface area contributed by atoms with Crippen molar-refractivity contribution >= 4 is 66.4 Å². The molecular weight excluding hydrogens is 935 g/mol. The third kappa shape index (κ3) is 8.43. The maximum Gasteiger partial charge on any atom is 0.148 e. The smallest absolute Gasteiger partial charge is 0.148 e. The van der Waals surface area contributed by atoms with E-state index in [1.54, 1.807) is 36.4 Å². The van der Waals surface area contributed by atoms with Crippen LogP contribution < -0.4 is 9.80 Å². The van der Waals surface area contributed by atoms with Gasteiger partial charge in [0.2, 0.25) is 0 Å². The van der Waals surface area contributed by atoms with Crippen molar-refractivity contribution in [2.24, 2.45) is 0 Å². The maximum atomic E-state index is 18.0. The van der Waals surface area contributed by atoms with Crippen LogP contribution in [0.3, 0.4) is 0 Å². The molecule has 12 aromatic rings. The first-order valence-corrected chi connectivity index (χ1v) is 25.3. The number of hydrogen-bond acceptors (Lipinski definition) is 4. The summed E-state index contributed by atoms with van der Waals surface area (Å²) in [6, 6.07) is 75.8. The van der Waals surface area contributed by atoms with Crippen LogP contribution >= 0.6 is 0 Å². The quantitative estimate of drug-likeness (QED) is 0.128. The molecule has 76 heavy (non-hydrogen) atoms. The topological polar surface area (TPSA) is 54.1 Å². The van der Waals surface area contributed by atoms with Crippen LogP contribution in [0.1, 0.15) is 33.4 Å². The van der Waals surface area contributed by atoms with Crippen molar-refractivity contribution < 1.29 is 8.78 Å². The molecule has 0 aliphatic rings. The maximum absolute atomic E-state index is 18.0. The molecule has 0 aliphatic carbocycles. The van der Waals surface area contributed by atoms with E-state index in [4.69, 9.17) is 0 Å². The van der Waals surface area contributed by atoms with E-state index in [-0.39, 0.29) is 0 Å². The highest BCUT2D eigenvalue weighted by molar-refractivity contribution is 6.28. The summed E-state index contributed by atoms with van der Waals surface area (Å²) in [5, 5.41) is 25.5. The molecule has 0 amide bonds. The highest BCUT2D eigenvalue weighted by atomic mass is 19.1. The molecule has 12 rings (SSSR count). The first kappa shape index (κ1) is 47.1. The Morgan fingerprint density at radius 3 is 1.04 bits per heavy atom. The van der Waals surface area contributed by atoms with Gasteiger partial charge < -0.3 is 9.80 Å². The van der Waals surface area contributed by atoms with Gasteiger partial charge in [-0.2, -0.15) is 10.5 Å². The fraction of sp³-hybridized carbons (Fsp3) is 0.0571. The van der Waals surface area contributed by atoms with E-state index in [0.29, 0.717) is 45.0 Å². The van der Waals surface area contributed by atoms with E-state index in [0.717, 1.165) is 99.3 Å². The van der Waals surface area contributed by atoms with Crippen molar-refractivity contribution in [2.45, 2.75) is 27.7 Å². The number of anilines is 6. The Bertz CT molecular complexity index is 4050. The number of aryl methyl sites for hydroxylation is 4. The van der Waals surface area contributed by atoms with Crippen LogP contribution in [0, 0.1) is 62.0 Å². The molecule has 0 aromatic heterocycles. The minimum absolute atomic E-state index is 0.364. The number of nitriles is 2. The monoisotopic (exact) mass is 982 g/mol. The molecule has 0 saturated heterocycles. The molecule has 6 heteroatoms. The molecule has 0 unspecified atom stereocenters. The SMILES string of the molecule is Cc1cccc(-c2cc(F)c(N(c3ccc(C#N)cc3)c3ccc4ccc5c(N(c6ccc(C#N)cc6)c6c(F)cc(-c7cccc(C)c7)cc6-c6cccc(C)c6)ccc6ccc3c4c65)c(-c3cccc(C)c3)c2)c1. The first-order valence-electron chi connectivity index (χ1n) is 25.3. The third-order valence-corrected chi connectivity index (χ3v) is 14.5. The summed E-state index contributed by atoms with van der Waals surface area (Å²) < 4.78 is 35.9. The van der Waals surface area contributed by atoms with Crippen molar-refractivity contribution in [1.82, 2.24) is 0 Å². The van der Waals surface area contributed by atoms with Gasteiger partial charge in [-0.15, -0.1) is 0 Å². The van der Waals surface area contributed by atoms with Gasteiger partial charge in [0.05, 0.1) is 46.0 Å². The van der Waals surface area contributed by atoms with Crippen LogP contribution in [-0.4, -0.2) is 0 Å². The molecule has 0 N–H and O–H groups in total. The summed E-state index contributed by atoms with van der Waals surface area (Å²) in [7, 11) is 0. The van der Waals surface area contributed by atoms with E-state index in [9.17, 15) is 10.5 Å². The molecule has 0 atom stereocenters. The van der Waals surface area contributed by atoms with Gasteiger partial charge >= 0.3 is 0 Å². The zero-order chi connectivity index (χ0) is 52.2. The van der Waals surface area contributed by atoms with E-state index in [2.05, 4.69) is 97.1 Å². The number of halogens is 2.